The van der Waals surface area contributed by atoms with E-state index in [1.807, 2.05) is 46.4 Å². The highest BCUT2D eigenvalue weighted by atomic mass is 16.6. The molecule has 2 amide bonds. The smallest absolute Gasteiger partial charge is 0.410 e. The first-order chi connectivity index (χ1) is 14.2. The third kappa shape index (κ3) is 6.04. The molecule has 4 atom stereocenters. The first-order valence-electron chi connectivity index (χ1n) is 11.7. The quantitative estimate of drug-likeness (QED) is 0.679. The number of nitrogens with zero attached hydrogens (tertiary/aromatic N) is 3. The molecule has 4 aliphatic heterocycles. The Morgan fingerprint density at radius 2 is 1.32 bits per heavy atom. The van der Waals surface area contributed by atoms with Gasteiger partial charge in [-0.1, -0.05) is 0 Å². The van der Waals surface area contributed by atoms with Gasteiger partial charge >= 0.3 is 12.2 Å². The van der Waals surface area contributed by atoms with Crippen LogP contribution in [0.5, 0.6) is 0 Å². The lowest BCUT2D eigenvalue weighted by Gasteiger charge is -2.46. The Labute approximate surface area is 187 Å². The van der Waals surface area contributed by atoms with Crippen molar-refractivity contribution in [2.75, 3.05) is 39.3 Å². The van der Waals surface area contributed by atoms with Crippen molar-refractivity contribution in [1.29, 1.82) is 0 Å². The predicted octanol–water partition coefficient (Wildman–Crippen LogP) is 2.77. The lowest BCUT2D eigenvalue weighted by Crippen LogP contribution is -2.58. The highest BCUT2D eigenvalue weighted by molar-refractivity contribution is 5.69. The SMILES string of the molecule is CC(C)(C)OC(=O)N1CC2CNC2C1.CC(C)N1CC2CN(C(=O)OC(C)(C)C)CC21. The molecule has 1 N–H and O–H groups in total. The number of fused-ring (bicyclic) bond motifs is 2. The van der Waals surface area contributed by atoms with Crippen LogP contribution in [0.2, 0.25) is 0 Å². The van der Waals surface area contributed by atoms with Crippen LogP contribution in [0, 0.1) is 11.8 Å². The molecule has 4 rings (SSSR count). The summed E-state index contributed by atoms with van der Waals surface area (Å²) in [4.78, 5) is 29.7. The maximum absolute atomic E-state index is 11.9. The Morgan fingerprint density at radius 1 is 0.806 bits per heavy atom. The van der Waals surface area contributed by atoms with Gasteiger partial charge in [-0.2, -0.15) is 0 Å². The summed E-state index contributed by atoms with van der Waals surface area (Å²) in [6.45, 7) is 21.4. The van der Waals surface area contributed by atoms with Crippen LogP contribution in [0.25, 0.3) is 0 Å². The number of ether oxygens (including phenoxy) is 2. The predicted molar refractivity (Wildman–Crippen MR) is 120 cm³/mol. The summed E-state index contributed by atoms with van der Waals surface area (Å²) in [6.07, 6.45) is -0.329. The van der Waals surface area contributed by atoms with E-state index in [-0.39, 0.29) is 17.8 Å². The number of carbonyl (C=O) groups is 2. The van der Waals surface area contributed by atoms with Crippen molar-refractivity contribution < 1.29 is 19.1 Å². The maximum atomic E-state index is 11.9. The molecule has 31 heavy (non-hydrogen) atoms. The van der Waals surface area contributed by atoms with Crippen LogP contribution < -0.4 is 5.32 Å². The zero-order valence-corrected chi connectivity index (χ0v) is 20.6. The largest absolute Gasteiger partial charge is 0.444 e. The molecule has 4 unspecified atom stereocenters. The average Bonchev–Trinajstić information content (AvgIpc) is 3.03. The van der Waals surface area contributed by atoms with E-state index in [1.165, 1.54) is 0 Å². The molecule has 4 fully saturated rings. The number of nitrogens with one attached hydrogen (secondary N) is 1. The van der Waals surface area contributed by atoms with Gasteiger partial charge in [-0.3, -0.25) is 4.90 Å². The van der Waals surface area contributed by atoms with Crippen molar-refractivity contribution in [3.63, 3.8) is 0 Å². The lowest BCUT2D eigenvalue weighted by atomic mass is 9.90. The summed E-state index contributed by atoms with van der Waals surface area (Å²) < 4.78 is 10.7. The van der Waals surface area contributed by atoms with Crippen molar-refractivity contribution in [3.05, 3.63) is 0 Å². The number of hydrogen-bond donors (Lipinski definition) is 1. The number of hydrogen-bond acceptors (Lipinski definition) is 6. The summed E-state index contributed by atoms with van der Waals surface area (Å²) in [7, 11) is 0. The van der Waals surface area contributed by atoms with E-state index in [0.717, 1.165) is 39.3 Å². The first-order valence-corrected chi connectivity index (χ1v) is 11.7. The van der Waals surface area contributed by atoms with Gasteiger partial charge in [0.15, 0.2) is 0 Å². The topological polar surface area (TPSA) is 74.4 Å². The van der Waals surface area contributed by atoms with E-state index in [4.69, 9.17) is 9.47 Å². The van der Waals surface area contributed by atoms with Gasteiger partial charge in [0.2, 0.25) is 0 Å². The van der Waals surface area contributed by atoms with Crippen LogP contribution in [0.1, 0.15) is 55.4 Å². The van der Waals surface area contributed by atoms with E-state index in [9.17, 15) is 9.59 Å². The molecule has 8 nitrogen and oxygen atoms in total. The molecule has 0 aliphatic carbocycles. The third-order valence-corrected chi connectivity index (χ3v) is 6.33. The van der Waals surface area contributed by atoms with Gasteiger partial charge in [-0.25, -0.2) is 9.59 Å². The Balaban J connectivity index is 0.000000179. The molecule has 0 bridgehead atoms. The molecule has 0 spiro atoms. The van der Waals surface area contributed by atoms with Gasteiger partial charge in [-0.05, 0) is 55.4 Å². The highest BCUT2D eigenvalue weighted by Gasteiger charge is 2.48. The Kier molecular flexibility index (Phi) is 6.82. The maximum Gasteiger partial charge on any atom is 0.410 e. The van der Waals surface area contributed by atoms with E-state index < -0.39 is 5.60 Å². The minimum atomic E-state index is -0.392. The molecule has 4 aliphatic rings. The normalized spacial score (nSPS) is 30.0. The van der Waals surface area contributed by atoms with E-state index in [1.54, 1.807) is 4.90 Å². The minimum Gasteiger partial charge on any atom is -0.444 e. The van der Waals surface area contributed by atoms with Crippen LogP contribution >= 0.6 is 0 Å². The standard InChI is InChI=1S/C13H24N2O2.C10H18N2O2/c1-9(2)15-7-10-6-14(8-11(10)15)12(16)17-13(3,4)5;1-10(2,3)14-9(13)12-5-7-4-11-8(7)6-12/h9-11H,6-8H2,1-5H3;7-8,11H,4-6H2,1-3H3. The zero-order chi connectivity index (χ0) is 23.1. The van der Waals surface area contributed by atoms with E-state index in [2.05, 4.69) is 24.1 Å². The summed E-state index contributed by atoms with van der Waals surface area (Å²) >= 11 is 0. The van der Waals surface area contributed by atoms with E-state index in [0.29, 0.717) is 30.0 Å². The molecule has 0 saturated carbocycles. The first kappa shape index (κ1) is 24.1. The van der Waals surface area contributed by atoms with Gasteiger partial charge in [-0.15, -0.1) is 0 Å². The van der Waals surface area contributed by atoms with Crippen LogP contribution in [-0.4, -0.2) is 95.5 Å². The molecule has 4 saturated heterocycles. The van der Waals surface area contributed by atoms with Crippen molar-refractivity contribution in [2.45, 2.75) is 84.7 Å². The average molecular weight is 439 g/mol. The van der Waals surface area contributed by atoms with Gasteiger partial charge in [0, 0.05) is 69.2 Å². The fraction of sp³-hybridized carbons (Fsp3) is 0.913. The molecule has 0 radical (unpaired) electrons. The van der Waals surface area contributed by atoms with Gasteiger partial charge in [0.25, 0.3) is 0 Å². The second-order valence-corrected chi connectivity index (χ2v) is 11.7. The Bertz CT molecular complexity index is 657. The van der Waals surface area contributed by atoms with Crippen LogP contribution in [0.15, 0.2) is 0 Å². The number of carbonyl (C=O) groups excluding carboxylic acids is 2. The fourth-order valence-electron chi connectivity index (χ4n) is 4.67. The molecule has 0 aromatic heterocycles. The third-order valence-electron chi connectivity index (χ3n) is 6.33. The second-order valence-electron chi connectivity index (χ2n) is 11.7. The summed E-state index contributed by atoms with van der Waals surface area (Å²) in [5, 5.41) is 3.31. The number of likely N-dealkylation sites (tertiary alicyclic amines) is 3. The van der Waals surface area contributed by atoms with Gasteiger partial charge in [0.05, 0.1) is 0 Å². The van der Waals surface area contributed by atoms with Gasteiger partial charge < -0.3 is 24.6 Å². The summed E-state index contributed by atoms with van der Waals surface area (Å²) in [5.74, 6) is 1.31. The Morgan fingerprint density at radius 3 is 1.71 bits per heavy atom. The molecular formula is C23H42N4O4. The lowest BCUT2D eigenvalue weighted by molar-refractivity contribution is 0.0202. The Hall–Kier alpha value is -1.54. The van der Waals surface area contributed by atoms with Crippen molar-refractivity contribution in [3.8, 4) is 0 Å². The minimum absolute atomic E-state index is 0.157. The van der Waals surface area contributed by atoms with Crippen LogP contribution in [0.3, 0.4) is 0 Å². The molecule has 8 heteroatoms. The van der Waals surface area contributed by atoms with Crippen molar-refractivity contribution in [1.82, 2.24) is 20.0 Å². The highest BCUT2D eigenvalue weighted by Crippen LogP contribution is 2.34. The molecular weight excluding hydrogens is 396 g/mol. The number of rotatable bonds is 1. The molecule has 178 valence electrons. The molecule has 4 heterocycles. The zero-order valence-electron chi connectivity index (χ0n) is 20.6. The fourth-order valence-corrected chi connectivity index (χ4v) is 4.67. The monoisotopic (exact) mass is 438 g/mol. The second kappa shape index (κ2) is 8.77. The van der Waals surface area contributed by atoms with Crippen molar-refractivity contribution >= 4 is 12.2 Å². The summed E-state index contributed by atoms with van der Waals surface area (Å²) in [6, 6.07) is 1.65. The van der Waals surface area contributed by atoms with Crippen molar-refractivity contribution in [2.24, 2.45) is 11.8 Å². The summed E-state index contributed by atoms with van der Waals surface area (Å²) in [5.41, 5.74) is -0.775. The van der Waals surface area contributed by atoms with E-state index >= 15 is 0 Å². The molecule has 0 aromatic carbocycles. The van der Waals surface area contributed by atoms with Crippen LogP contribution in [0.4, 0.5) is 9.59 Å². The van der Waals surface area contributed by atoms with Gasteiger partial charge in [0.1, 0.15) is 11.2 Å². The van der Waals surface area contributed by atoms with Crippen LogP contribution in [-0.2, 0) is 9.47 Å². The number of amides is 2. The molecule has 0 aromatic rings.